The number of aryl methyl sites for hydroxylation is 1. The van der Waals surface area contributed by atoms with Crippen LogP contribution in [-0.4, -0.2) is 40.8 Å². The SMILES string of the molecule is Cc1cccc(CNC(=O)CC2C(=O)NCCN2Cc2ccccn2)c1. The van der Waals surface area contributed by atoms with E-state index in [2.05, 4.69) is 15.6 Å². The van der Waals surface area contributed by atoms with E-state index < -0.39 is 6.04 Å². The summed E-state index contributed by atoms with van der Waals surface area (Å²) in [5.74, 6) is -0.225. The molecule has 1 fully saturated rings. The number of carbonyl (C=O) groups is 2. The van der Waals surface area contributed by atoms with Gasteiger partial charge in [0, 0.05) is 32.4 Å². The molecule has 0 spiro atoms. The highest BCUT2D eigenvalue weighted by molar-refractivity contribution is 5.88. The van der Waals surface area contributed by atoms with E-state index in [1.807, 2.05) is 54.3 Å². The van der Waals surface area contributed by atoms with Gasteiger partial charge in [0.2, 0.25) is 11.8 Å². The topological polar surface area (TPSA) is 74.3 Å². The van der Waals surface area contributed by atoms with Gasteiger partial charge < -0.3 is 10.6 Å². The van der Waals surface area contributed by atoms with Crippen molar-refractivity contribution >= 4 is 11.8 Å². The van der Waals surface area contributed by atoms with Crippen molar-refractivity contribution in [1.82, 2.24) is 20.5 Å². The number of amides is 2. The number of piperazine rings is 1. The molecule has 136 valence electrons. The van der Waals surface area contributed by atoms with Crippen molar-refractivity contribution in [2.24, 2.45) is 0 Å². The van der Waals surface area contributed by atoms with Crippen LogP contribution in [0.1, 0.15) is 23.2 Å². The average Bonchev–Trinajstić information content (AvgIpc) is 2.64. The lowest BCUT2D eigenvalue weighted by molar-refractivity contribution is -0.134. The van der Waals surface area contributed by atoms with Crippen LogP contribution in [-0.2, 0) is 22.7 Å². The van der Waals surface area contributed by atoms with E-state index in [1.54, 1.807) is 6.20 Å². The number of rotatable bonds is 6. The molecule has 6 heteroatoms. The zero-order valence-corrected chi connectivity index (χ0v) is 14.9. The molecule has 26 heavy (non-hydrogen) atoms. The lowest BCUT2D eigenvalue weighted by Gasteiger charge is -2.34. The summed E-state index contributed by atoms with van der Waals surface area (Å²) in [4.78, 5) is 31.0. The highest BCUT2D eigenvalue weighted by atomic mass is 16.2. The lowest BCUT2D eigenvalue weighted by atomic mass is 10.1. The predicted molar refractivity (Wildman–Crippen MR) is 99.1 cm³/mol. The van der Waals surface area contributed by atoms with Crippen LogP contribution in [0, 0.1) is 6.92 Å². The Kier molecular flexibility index (Phi) is 5.96. The van der Waals surface area contributed by atoms with Crippen molar-refractivity contribution < 1.29 is 9.59 Å². The van der Waals surface area contributed by atoms with Crippen molar-refractivity contribution in [3.8, 4) is 0 Å². The van der Waals surface area contributed by atoms with E-state index in [4.69, 9.17) is 0 Å². The molecule has 1 unspecified atom stereocenters. The van der Waals surface area contributed by atoms with Gasteiger partial charge in [-0.1, -0.05) is 35.9 Å². The van der Waals surface area contributed by atoms with Crippen molar-refractivity contribution in [2.75, 3.05) is 13.1 Å². The zero-order chi connectivity index (χ0) is 18.4. The van der Waals surface area contributed by atoms with Gasteiger partial charge in [0.25, 0.3) is 0 Å². The molecule has 1 saturated heterocycles. The minimum absolute atomic E-state index is 0.0992. The molecule has 2 N–H and O–H groups in total. The van der Waals surface area contributed by atoms with Crippen LogP contribution in [0.15, 0.2) is 48.7 Å². The van der Waals surface area contributed by atoms with Crippen molar-refractivity contribution in [1.29, 1.82) is 0 Å². The summed E-state index contributed by atoms with van der Waals surface area (Å²) < 4.78 is 0. The fraction of sp³-hybridized carbons (Fsp3) is 0.350. The third-order valence-corrected chi connectivity index (χ3v) is 4.48. The summed E-state index contributed by atoms with van der Waals surface area (Å²) in [6.45, 7) is 4.34. The van der Waals surface area contributed by atoms with Gasteiger partial charge in [-0.15, -0.1) is 0 Å². The Balaban J connectivity index is 1.59. The van der Waals surface area contributed by atoms with Crippen LogP contribution >= 0.6 is 0 Å². The molecule has 1 atom stereocenters. The third-order valence-electron chi connectivity index (χ3n) is 4.48. The van der Waals surface area contributed by atoms with Crippen LogP contribution in [0.4, 0.5) is 0 Å². The molecule has 3 rings (SSSR count). The second kappa shape index (κ2) is 8.58. The molecule has 1 aliphatic rings. The van der Waals surface area contributed by atoms with Gasteiger partial charge in [0.15, 0.2) is 0 Å². The lowest BCUT2D eigenvalue weighted by Crippen LogP contribution is -2.56. The maximum Gasteiger partial charge on any atom is 0.237 e. The predicted octanol–water partition coefficient (Wildman–Crippen LogP) is 1.40. The van der Waals surface area contributed by atoms with Gasteiger partial charge in [0.1, 0.15) is 0 Å². The molecule has 1 aliphatic heterocycles. The number of hydrogen-bond acceptors (Lipinski definition) is 4. The van der Waals surface area contributed by atoms with Crippen LogP contribution < -0.4 is 10.6 Å². The van der Waals surface area contributed by atoms with E-state index >= 15 is 0 Å². The Hall–Kier alpha value is -2.73. The van der Waals surface area contributed by atoms with Gasteiger partial charge in [0.05, 0.1) is 18.2 Å². The first-order valence-corrected chi connectivity index (χ1v) is 8.86. The highest BCUT2D eigenvalue weighted by Crippen LogP contribution is 2.13. The second-order valence-corrected chi connectivity index (χ2v) is 6.57. The first-order chi connectivity index (χ1) is 12.6. The molecule has 2 amide bonds. The molecule has 0 aliphatic carbocycles. The van der Waals surface area contributed by atoms with Gasteiger partial charge in [-0.05, 0) is 24.6 Å². The average molecular weight is 352 g/mol. The normalized spacial score (nSPS) is 17.6. The summed E-state index contributed by atoms with van der Waals surface area (Å²) in [6.07, 6.45) is 1.88. The van der Waals surface area contributed by atoms with E-state index in [-0.39, 0.29) is 18.2 Å². The van der Waals surface area contributed by atoms with Gasteiger partial charge >= 0.3 is 0 Å². The molecule has 0 saturated carbocycles. The van der Waals surface area contributed by atoms with E-state index in [0.717, 1.165) is 16.8 Å². The number of nitrogens with one attached hydrogen (secondary N) is 2. The molecule has 6 nitrogen and oxygen atoms in total. The van der Waals surface area contributed by atoms with Crippen molar-refractivity contribution in [3.05, 3.63) is 65.5 Å². The molecule has 2 aromatic rings. The quantitative estimate of drug-likeness (QED) is 0.824. The Morgan fingerprint density at radius 3 is 2.96 bits per heavy atom. The van der Waals surface area contributed by atoms with Gasteiger partial charge in [-0.2, -0.15) is 0 Å². The van der Waals surface area contributed by atoms with E-state index in [0.29, 0.717) is 26.2 Å². The molecule has 1 aromatic heterocycles. The van der Waals surface area contributed by atoms with Crippen molar-refractivity contribution in [2.45, 2.75) is 32.5 Å². The number of aromatic nitrogens is 1. The molecule has 0 bridgehead atoms. The molecule has 2 heterocycles. The van der Waals surface area contributed by atoms with Crippen LogP contribution in [0.2, 0.25) is 0 Å². The van der Waals surface area contributed by atoms with Crippen LogP contribution in [0.25, 0.3) is 0 Å². The fourth-order valence-corrected chi connectivity index (χ4v) is 3.14. The Labute approximate surface area is 153 Å². The largest absolute Gasteiger partial charge is 0.353 e. The number of hydrogen-bond donors (Lipinski definition) is 2. The molecule has 0 radical (unpaired) electrons. The standard InChI is InChI=1S/C20H24N4O2/c1-15-5-4-6-16(11-15)13-23-19(25)12-18-20(26)22-9-10-24(18)14-17-7-2-3-8-21-17/h2-8,11,18H,9-10,12-14H2,1H3,(H,22,26)(H,23,25). The first-order valence-electron chi connectivity index (χ1n) is 8.86. The smallest absolute Gasteiger partial charge is 0.237 e. The van der Waals surface area contributed by atoms with Gasteiger partial charge in [-0.25, -0.2) is 0 Å². The Bertz CT molecular complexity index is 763. The fourth-order valence-electron chi connectivity index (χ4n) is 3.14. The summed E-state index contributed by atoms with van der Waals surface area (Å²) in [6, 6.07) is 13.3. The summed E-state index contributed by atoms with van der Waals surface area (Å²) >= 11 is 0. The highest BCUT2D eigenvalue weighted by Gasteiger charge is 2.31. The number of carbonyl (C=O) groups excluding carboxylic acids is 2. The van der Waals surface area contributed by atoms with Gasteiger partial charge in [-0.3, -0.25) is 19.5 Å². The zero-order valence-electron chi connectivity index (χ0n) is 14.9. The minimum atomic E-state index is -0.469. The number of nitrogens with zero attached hydrogens (tertiary/aromatic N) is 2. The summed E-state index contributed by atoms with van der Waals surface area (Å²) in [7, 11) is 0. The van der Waals surface area contributed by atoms with Crippen molar-refractivity contribution in [3.63, 3.8) is 0 Å². The first kappa shape index (κ1) is 18.1. The molecular weight excluding hydrogens is 328 g/mol. The molecular formula is C20H24N4O2. The summed E-state index contributed by atoms with van der Waals surface area (Å²) in [5.41, 5.74) is 3.11. The number of pyridine rings is 1. The third kappa shape index (κ3) is 4.89. The van der Waals surface area contributed by atoms with E-state index in [1.165, 1.54) is 0 Å². The summed E-state index contributed by atoms with van der Waals surface area (Å²) in [5, 5.41) is 5.77. The Morgan fingerprint density at radius 1 is 1.31 bits per heavy atom. The maximum absolute atomic E-state index is 12.4. The number of benzene rings is 1. The minimum Gasteiger partial charge on any atom is -0.353 e. The Morgan fingerprint density at radius 2 is 2.19 bits per heavy atom. The monoisotopic (exact) mass is 352 g/mol. The van der Waals surface area contributed by atoms with Crippen LogP contribution in [0.3, 0.4) is 0 Å². The maximum atomic E-state index is 12.4. The van der Waals surface area contributed by atoms with E-state index in [9.17, 15) is 9.59 Å². The molecule has 1 aromatic carbocycles. The van der Waals surface area contributed by atoms with Crippen LogP contribution in [0.5, 0.6) is 0 Å². The second-order valence-electron chi connectivity index (χ2n) is 6.57.